The van der Waals surface area contributed by atoms with E-state index in [1.54, 1.807) is 20.8 Å². The number of hydrogen-bond acceptors (Lipinski definition) is 9. The van der Waals surface area contributed by atoms with Gasteiger partial charge in [0.1, 0.15) is 30.2 Å². The first-order valence-corrected chi connectivity index (χ1v) is 15.8. The van der Waals surface area contributed by atoms with E-state index in [-0.39, 0.29) is 25.4 Å². The van der Waals surface area contributed by atoms with Crippen molar-refractivity contribution in [3.63, 3.8) is 0 Å². The predicted molar refractivity (Wildman–Crippen MR) is 165 cm³/mol. The minimum absolute atomic E-state index is 0.00891. The fourth-order valence-electron chi connectivity index (χ4n) is 3.56. The van der Waals surface area contributed by atoms with Crippen LogP contribution in [0.25, 0.3) is 0 Å². The van der Waals surface area contributed by atoms with Crippen LogP contribution in [0.1, 0.15) is 68.2 Å². The molecule has 0 aliphatic rings. The van der Waals surface area contributed by atoms with Crippen molar-refractivity contribution in [1.29, 1.82) is 0 Å². The van der Waals surface area contributed by atoms with Gasteiger partial charge in [-0.05, 0) is 65.4 Å². The molecule has 0 bridgehead atoms. The lowest BCUT2D eigenvalue weighted by molar-refractivity contribution is -0.141. The molecule has 0 saturated heterocycles. The number of carboxylic acid groups (broad SMARTS) is 1. The Morgan fingerprint density at radius 3 is 1.82 bits per heavy atom. The molecule has 0 saturated carbocycles. The van der Waals surface area contributed by atoms with E-state index < -0.39 is 83.8 Å². The molecule has 0 fully saturated rings. The van der Waals surface area contributed by atoms with E-state index in [0.717, 1.165) is 0 Å². The molecule has 5 atom stereocenters. The van der Waals surface area contributed by atoms with Crippen LogP contribution in [0.5, 0.6) is 0 Å². The van der Waals surface area contributed by atoms with E-state index in [2.05, 4.69) is 31.9 Å². The number of aliphatic carboxylic acids is 1. The zero-order valence-electron chi connectivity index (χ0n) is 27.1. The van der Waals surface area contributed by atoms with Crippen molar-refractivity contribution < 1.29 is 43.4 Å². The molecule has 0 aliphatic carbocycles. The summed E-state index contributed by atoms with van der Waals surface area (Å²) in [5.74, 6) is -4.49. The van der Waals surface area contributed by atoms with E-state index in [9.17, 15) is 33.6 Å². The van der Waals surface area contributed by atoms with Crippen LogP contribution in [0.15, 0.2) is 0 Å². The number of carbonyl (C=O) groups is 7. The second-order valence-electron chi connectivity index (χ2n) is 11.8. The summed E-state index contributed by atoms with van der Waals surface area (Å²) in [7, 11) is 0. The molecular formula is C28H50N6O9S. The summed E-state index contributed by atoms with van der Waals surface area (Å²) < 4.78 is 5.64. The van der Waals surface area contributed by atoms with Gasteiger partial charge in [-0.15, -0.1) is 0 Å². The van der Waals surface area contributed by atoms with Crippen LogP contribution in [0.2, 0.25) is 0 Å². The summed E-state index contributed by atoms with van der Waals surface area (Å²) in [6.45, 7) is 12.4. The minimum Gasteiger partial charge on any atom is -0.480 e. The van der Waals surface area contributed by atoms with Gasteiger partial charge in [0.25, 0.3) is 0 Å². The Balaban J connectivity index is 5.26. The number of carboxylic acids is 1. The maximum absolute atomic E-state index is 13.0. The smallest absolute Gasteiger partial charge is 0.325 e. The molecule has 6 amide bonds. The van der Waals surface area contributed by atoms with Crippen molar-refractivity contribution in [1.82, 2.24) is 31.9 Å². The van der Waals surface area contributed by atoms with Gasteiger partial charge in [-0.1, -0.05) is 13.8 Å². The third-order valence-corrected chi connectivity index (χ3v) is 6.53. The molecule has 0 rings (SSSR count). The Morgan fingerprint density at radius 2 is 1.32 bits per heavy atom. The van der Waals surface area contributed by atoms with Gasteiger partial charge < -0.3 is 41.7 Å². The topological polar surface area (TPSA) is 221 Å². The summed E-state index contributed by atoms with van der Waals surface area (Å²) >= 11 is 1.45. The predicted octanol–water partition coefficient (Wildman–Crippen LogP) is -0.715. The number of rotatable bonds is 19. The highest BCUT2D eigenvalue weighted by atomic mass is 32.2. The van der Waals surface area contributed by atoms with E-state index in [4.69, 9.17) is 9.84 Å². The molecule has 252 valence electrons. The molecule has 16 heteroatoms. The molecule has 0 aromatic carbocycles. The number of amides is 6. The molecule has 0 aromatic heterocycles. The van der Waals surface area contributed by atoms with Crippen molar-refractivity contribution >= 4 is 53.2 Å². The molecule has 44 heavy (non-hydrogen) atoms. The largest absolute Gasteiger partial charge is 0.480 e. The maximum atomic E-state index is 13.0. The first-order chi connectivity index (χ1) is 20.3. The quantitative estimate of drug-likeness (QED) is 0.0934. The fraction of sp³-hybridized carbons (Fsp3) is 0.750. The number of thioether (sulfide) groups is 1. The molecule has 0 radical (unpaired) electrons. The molecule has 0 aliphatic heterocycles. The lowest BCUT2D eigenvalue weighted by Crippen LogP contribution is -2.57. The normalized spacial score (nSPS) is 14.7. The number of hydrogen-bond donors (Lipinski definition) is 7. The van der Waals surface area contributed by atoms with Crippen LogP contribution in [-0.4, -0.2) is 107 Å². The highest BCUT2D eigenvalue weighted by molar-refractivity contribution is 7.98. The highest BCUT2D eigenvalue weighted by Gasteiger charge is 2.29. The van der Waals surface area contributed by atoms with Gasteiger partial charge in [-0.2, -0.15) is 11.8 Å². The Morgan fingerprint density at radius 1 is 0.750 bits per heavy atom. The third kappa shape index (κ3) is 17.7. The monoisotopic (exact) mass is 646 g/mol. The zero-order chi connectivity index (χ0) is 34.2. The summed E-state index contributed by atoms with van der Waals surface area (Å²) in [5.41, 5.74) is -0.575. The van der Waals surface area contributed by atoms with Gasteiger partial charge in [-0.25, -0.2) is 0 Å². The standard InChI is InChI=1S/C28H50N6O9S/c1-15(2)12-20(25(39)31-17(4)27(41)42)34-23(37)16(3)30-22(36)13-29-24(38)19(10-11-44-9)33-26(40)21(32-18(5)35)14-43-28(6,7)8/h15-17,19-21H,10-14H2,1-9H3,(H,29,38)(H,30,36)(H,31,39)(H,32,35)(H,33,40)(H,34,37)(H,41,42)/t16-,17-,19-,20-,21-/m0/s1. The second-order valence-corrected chi connectivity index (χ2v) is 12.8. The average molecular weight is 647 g/mol. The first kappa shape index (κ1) is 40.6. The molecule has 0 spiro atoms. The fourth-order valence-corrected chi connectivity index (χ4v) is 4.03. The van der Waals surface area contributed by atoms with Gasteiger partial charge in [0.15, 0.2) is 0 Å². The average Bonchev–Trinajstić information content (AvgIpc) is 2.90. The molecule has 0 aromatic rings. The Labute approximate surface area is 263 Å². The summed E-state index contributed by atoms with van der Waals surface area (Å²) in [6, 6.07) is -5.34. The highest BCUT2D eigenvalue weighted by Crippen LogP contribution is 2.09. The van der Waals surface area contributed by atoms with Crippen LogP contribution < -0.4 is 31.9 Å². The maximum Gasteiger partial charge on any atom is 0.325 e. The van der Waals surface area contributed by atoms with Gasteiger partial charge in [0.2, 0.25) is 35.4 Å². The van der Waals surface area contributed by atoms with Crippen LogP contribution in [0, 0.1) is 5.92 Å². The minimum atomic E-state index is -1.23. The molecular weight excluding hydrogens is 596 g/mol. The van der Waals surface area contributed by atoms with E-state index >= 15 is 0 Å². The van der Waals surface area contributed by atoms with E-state index in [1.807, 2.05) is 20.1 Å². The van der Waals surface area contributed by atoms with Crippen LogP contribution in [0.4, 0.5) is 0 Å². The molecule has 0 heterocycles. The van der Waals surface area contributed by atoms with Crippen LogP contribution in [0.3, 0.4) is 0 Å². The Kier molecular flexibility index (Phi) is 18.3. The van der Waals surface area contributed by atoms with Gasteiger partial charge in [0, 0.05) is 6.92 Å². The van der Waals surface area contributed by atoms with Crippen molar-refractivity contribution in [2.24, 2.45) is 5.92 Å². The van der Waals surface area contributed by atoms with Crippen LogP contribution >= 0.6 is 11.8 Å². The lowest BCUT2D eigenvalue weighted by atomic mass is 10.0. The second kappa shape index (κ2) is 19.8. The van der Waals surface area contributed by atoms with Crippen molar-refractivity contribution in [3.8, 4) is 0 Å². The van der Waals surface area contributed by atoms with Crippen molar-refractivity contribution in [3.05, 3.63) is 0 Å². The number of carbonyl (C=O) groups excluding carboxylic acids is 6. The Bertz CT molecular complexity index is 1020. The van der Waals surface area contributed by atoms with E-state index in [1.165, 1.54) is 32.5 Å². The van der Waals surface area contributed by atoms with Crippen molar-refractivity contribution in [2.45, 2.75) is 104 Å². The number of nitrogens with one attached hydrogen (secondary N) is 6. The summed E-state index contributed by atoms with van der Waals surface area (Å²) in [5, 5.41) is 23.9. The van der Waals surface area contributed by atoms with Gasteiger partial charge >= 0.3 is 5.97 Å². The van der Waals surface area contributed by atoms with Gasteiger partial charge in [-0.3, -0.25) is 33.6 Å². The molecule has 0 unspecified atom stereocenters. The summed E-state index contributed by atoms with van der Waals surface area (Å²) in [4.78, 5) is 86.5. The number of ether oxygens (including phenoxy) is 1. The van der Waals surface area contributed by atoms with Gasteiger partial charge in [0.05, 0.1) is 18.8 Å². The SMILES string of the molecule is CSCC[C@H](NC(=O)[C@H](COC(C)(C)C)NC(C)=O)C(=O)NCC(=O)N[C@@H](C)C(=O)N[C@@H](CC(C)C)C(=O)N[C@@H](C)C(=O)O. The van der Waals surface area contributed by atoms with Crippen LogP contribution in [-0.2, 0) is 38.3 Å². The van der Waals surface area contributed by atoms with E-state index in [0.29, 0.717) is 5.75 Å². The molecule has 15 nitrogen and oxygen atoms in total. The molecule has 7 N–H and O–H groups in total. The first-order valence-electron chi connectivity index (χ1n) is 14.4. The van der Waals surface area contributed by atoms with Crippen molar-refractivity contribution in [2.75, 3.05) is 25.2 Å². The zero-order valence-corrected chi connectivity index (χ0v) is 27.9. The Hall–Kier alpha value is -3.40. The summed E-state index contributed by atoms with van der Waals surface area (Å²) in [6.07, 6.45) is 2.30. The lowest BCUT2D eigenvalue weighted by Gasteiger charge is -2.26. The third-order valence-electron chi connectivity index (χ3n) is 5.88.